The van der Waals surface area contributed by atoms with Gasteiger partial charge in [-0.3, -0.25) is 0 Å². The zero-order valence-corrected chi connectivity index (χ0v) is 28.1. The average molecular weight is 659 g/mol. The Hall–Kier alpha value is -3.69. The van der Waals surface area contributed by atoms with E-state index in [0.29, 0.717) is 42.1 Å². The summed E-state index contributed by atoms with van der Waals surface area (Å²) in [4.78, 5) is 23.0. The maximum atomic E-state index is 11.5. The van der Waals surface area contributed by atoms with Crippen molar-refractivity contribution in [3.63, 3.8) is 0 Å². The van der Waals surface area contributed by atoms with Gasteiger partial charge >= 0.3 is 11.9 Å². The quantitative estimate of drug-likeness (QED) is 0.0675. The minimum absolute atomic E-state index is 0.101. The second-order valence-corrected chi connectivity index (χ2v) is 11.6. The number of esters is 2. The van der Waals surface area contributed by atoms with Crippen molar-refractivity contribution in [1.29, 1.82) is 0 Å². The van der Waals surface area contributed by atoms with Crippen molar-refractivity contribution < 1.29 is 42.7 Å². The van der Waals surface area contributed by atoms with Crippen LogP contribution >= 0.6 is 11.6 Å². The number of ether oxygens (including phenoxy) is 7. The number of rotatable bonds is 19. The molecule has 252 valence electrons. The second-order valence-electron chi connectivity index (χ2n) is 11.2. The largest absolute Gasteiger partial charge is 0.493 e. The Morgan fingerprint density at radius 3 is 1.65 bits per heavy atom. The van der Waals surface area contributed by atoms with Crippen molar-refractivity contribution in [2.24, 2.45) is 11.8 Å². The first-order valence-corrected chi connectivity index (χ1v) is 16.2. The average Bonchev–Trinajstić information content (AvgIpc) is 3.09. The summed E-state index contributed by atoms with van der Waals surface area (Å²) in [6.45, 7) is 1.73. The Labute approximate surface area is 277 Å². The molecule has 0 aromatic heterocycles. The van der Waals surface area contributed by atoms with Gasteiger partial charge in [-0.05, 0) is 91.5 Å². The smallest absolute Gasteiger partial charge is 0.330 e. The maximum absolute atomic E-state index is 11.5. The van der Waals surface area contributed by atoms with Crippen molar-refractivity contribution in [2.45, 2.75) is 51.0 Å². The Bertz CT molecular complexity index is 1200. The number of benzene rings is 2. The predicted molar refractivity (Wildman–Crippen MR) is 179 cm³/mol. The third-order valence-electron chi connectivity index (χ3n) is 7.79. The SMILES string of the molecule is COC(=O)/C=C/c1ccc(OCC2CC(COc3ccc(/C=C/C(=O)OC)cc3OC)CC(OCCCCCCCl)C2)c(OC)c1. The first-order valence-electron chi connectivity index (χ1n) is 15.7. The zero-order chi connectivity index (χ0) is 33.1. The number of unbranched alkanes of at least 4 members (excludes halogenated alkanes) is 3. The second kappa shape index (κ2) is 20.4. The zero-order valence-electron chi connectivity index (χ0n) is 27.3. The highest BCUT2D eigenvalue weighted by Gasteiger charge is 2.31. The molecule has 2 aromatic carbocycles. The molecule has 2 aromatic rings. The molecule has 0 heterocycles. The summed E-state index contributed by atoms with van der Waals surface area (Å²) < 4.78 is 39.4. The molecule has 2 atom stereocenters. The highest BCUT2D eigenvalue weighted by atomic mass is 35.5. The monoisotopic (exact) mass is 658 g/mol. The molecule has 1 saturated carbocycles. The molecule has 1 aliphatic rings. The van der Waals surface area contributed by atoms with Gasteiger partial charge in [-0.2, -0.15) is 0 Å². The van der Waals surface area contributed by atoms with Crippen molar-refractivity contribution in [3.8, 4) is 23.0 Å². The van der Waals surface area contributed by atoms with Crippen LogP contribution in [0.1, 0.15) is 56.1 Å². The van der Waals surface area contributed by atoms with Gasteiger partial charge in [-0.25, -0.2) is 9.59 Å². The number of halogens is 1. The highest BCUT2D eigenvalue weighted by molar-refractivity contribution is 6.17. The molecule has 0 aliphatic heterocycles. The molecule has 10 heteroatoms. The van der Waals surface area contributed by atoms with Gasteiger partial charge < -0.3 is 33.2 Å². The van der Waals surface area contributed by atoms with Gasteiger partial charge in [0.2, 0.25) is 0 Å². The van der Waals surface area contributed by atoms with Crippen LogP contribution in [0.2, 0.25) is 0 Å². The Kier molecular flexibility index (Phi) is 16.3. The van der Waals surface area contributed by atoms with Crippen LogP contribution < -0.4 is 18.9 Å². The van der Waals surface area contributed by atoms with E-state index in [2.05, 4.69) is 9.47 Å². The van der Waals surface area contributed by atoms with Gasteiger partial charge in [0.25, 0.3) is 0 Å². The fraction of sp³-hybridized carbons (Fsp3) is 0.500. The lowest BCUT2D eigenvalue weighted by atomic mass is 9.80. The maximum Gasteiger partial charge on any atom is 0.330 e. The van der Waals surface area contributed by atoms with E-state index in [4.69, 9.17) is 35.3 Å². The Morgan fingerprint density at radius 1 is 0.696 bits per heavy atom. The third-order valence-corrected chi connectivity index (χ3v) is 8.06. The van der Waals surface area contributed by atoms with Crippen LogP contribution in [0.3, 0.4) is 0 Å². The molecule has 1 aliphatic carbocycles. The van der Waals surface area contributed by atoms with Crippen LogP contribution in [0.4, 0.5) is 0 Å². The normalized spacial score (nSPS) is 18.0. The molecule has 0 bridgehead atoms. The number of hydrogen-bond acceptors (Lipinski definition) is 9. The fourth-order valence-corrected chi connectivity index (χ4v) is 5.60. The molecule has 0 amide bonds. The van der Waals surface area contributed by atoms with E-state index in [1.54, 1.807) is 26.4 Å². The van der Waals surface area contributed by atoms with Crippen molar-refractivity contribution in [1.82, 2.24) is 0 Å². The van der Waals surface area contributed by atoms with Crippen LogP contribution in [-0.4, -0.2) is 72.2 Å². The number of carbonyl (C=O) groups is 2. The summed E-state index contributed by atoms with van der Waals surface area (Å²) in [7, 11) is 5.87. The lowest BCUT2D eigenvalue weighted by Gasteiger charge is -2.35. The summed E-state index contributed by atoms with van der Waals surface area (Å²) in [6, 6.07) is 11.1. The molecule has 0 radical (unpaired) electrons. The van der Waals surface area contributed by atoms with Gasteiger partial charge in [0.15, 0.2) is 23.0 Å². The topological polar surface area (TPSA) is 98.8 Å². The van der Waals surface area contributed by atoms with E-state index in [1.807, 2.05) is 36.4 Å². The van der Waals surface area contributed by atoms with Crippen LogP contribution in [0.5, 0.6) is 23.0 Å². The molecular weight excluding hydrogens is 612 g/mol. The fourth-order valence-electron chi connectivity index (χ4n) is 5.41. The Balaban J connectivity index is 1.66. The molecule has 3 rings (SSSR count). The van der Waals surface area contributed by atoms with Crippen LogP contribution in [-0.2, 0) is 23.8 Å². The molecule has 9 nitrogen and oxygen atoms in total. The summed E-state index contributed by atoms with van der Waals surface area (Å²) in [5.74, 6) is 2.80. The summed E-state index contributed by atoms with van der Waals surface area (Å²) in [5, 5.41) is 0. The van der Waals surface area contributed by atoms with Crippen molar-refractivity contribution in [2.75, 3.05) is 54.1 Å². The molecule has 1 fully saturated rings. The van der Waals surface area contributed by atoms with Crippen LogP contribution in [0, 0.1) is 11.8 Å². The van der Waals surface area contributed by atoms with E-state index < -0.39 is 11.9 Å². The molecule has 0 N–H and O–H groups in total. The number of carbonyl (C=O) groups excluding carboxylic acids is 2. The Morgan fingerprint density at radius 2 is 1.20 bits per heavy atom. The lowest BCUT2D eigenvalue weighted by Crippen LogP contribution is -2.34. The van der Waals surface area contributed by atoms with Crippen molar-refractivity contribution >= 4 is 35.7 Å². The number of alkyl halides is 1. The summed E-state index contributed by atoms with van der Waals surface area (Å²) in [5.41, 5.74) is 1.60. The minimum Gasteiger partial charge on any atom is -0.493 e. The van der Waals surface area contributed by atoms with Gasteiger partial charge in [0.1, 0.15) is 0 Å². The van der Waals surface area contributed by atoms with Crippen LogP contribution in [0.15, 0.2) is 48.6 Å². The number of hydrogen-bond donors (Lipinski definition) is 0. The third kappa shape index (κ3) is 12.6. The van der Waals surface area contributed by atoms with Crippen LogP contribution in [0.25, 0.3) is 12.2 Å². The lowest BCUT2D eigenvalue weighted by molar-refractivity contribution is -0.135. The number of methoxy groups -OCH3 is 4. The minimum atomic E-state index is -0.426. The molecule has 2 unspecified atom stereocenters. The summed E-state index contributed by atoms with van der Waals surface area (Å²) >= 11 is 5.82. The van der Waals surface area contributed by atoms with Gasteiger partial charge in [-0.1, -0.05) is 25.0 Å². The molecule has 46 heavy (non-hydrogen) atoms. The predicted octanol–water partition coefficient (Wildman–Crippen LogP) is 7.13. The van der Waals surface area contributed by atoms with E-state index in [9.17, 15) is 9.59 Å². The van der Waals surface area contributed by atoms with E-state index in [1.165, 1.54) is 26.4 Å². The standard InChI is InChI=1S/C36H47ClO9/c1-40-33-22-26(11-15-35(38)42-3)9-13-31(33)45-24-28-19-29(21-30(20-28)44-18-8-6-5-7-17-37)25-46-32-14-10-27(23-34(32)41-2)12-16-36(39)43-4/h9-16,22-23,28-30H,5-8,17-21,24-25H2,1-4H3/b15-11+,16-12+. The molecular formula is C36H47ClO9. The van der Waals surface area contributed by atoms with Gasteiger partial charge in [0, 0.05) is 24.6 Å². The first kappa shape index (κ1) is 36.8. The van der Waals surface area contributed by atoms with E-state index in [-0.39, 0.29) is 17.9 Å². The van der Waals surface area contributed by atoms with Crippen molar-refractivity contribution in [3.05, 3.63) is 59.7 Å². The van der Waals surface area contributed by atoms with Gasteiger partial charge in [0.05, 0.1) is 47.8 Å². The highest BCUT2D eigenvalue weighted by Crippen LogP contribution is 2.36. The van der Waals surface area contributed by atoms with E-state index in [0.717, 1.165) is 62.7 Å². The first-order chi connectivity index (χ1) is 22.4. The molecule has 0 spiro atoms. The van der Waals surface area contributed by atoms with E-state index >= 15 is 0 Å². The van der Waals surface area contributed by atoms with Gasteiger partial charge in [-0.15, -0.1) is 11.6 Å². The molecule has 0 saturated heterocycles. The summed E-state index contributed by atoms with van der Waals surface area (Å²) in [6.07, 6.45) is 13.1.